The minimum absolute atomic E-state index is 0.0668. The van der Waals surface area contributed by atoms with Gasteiger partial charge in [-0.3, -0.25) is 14.5 Å². The van der Waals surface area contributed by atoms with Crippen molar-refractivity contribution in [1.29, 1.82) is 0 Å². The van der Waals surface area contributed by atoms with E-state index < -0.39 is 0 Å². The zero-order valence-corrected chi connectivity index (χ0v) is 17.4. The van der Waals surface area contributed by atoms with Gasteiger partial charge in [-0.25, -0.2) is 4.98 Å². The molecule has 1 saturated heterocycles. The van der Waals surface area contributed by atoms with Crippen molar-refractivity contribution in [3.8, 4) is 10.4 Å². The molecule has 1 N–H and O–H groups in total. The molecule has 3 aromatic rings. The fraction of sp³-hybridized carbons (Fsp3) is 0.421. The smallest absolute Gasteiger partial charge is 0.260 e. The maximum Gasteiger partial charge on any atom is 0.260 e. The lowest BCUT2D eigenvalue weighted by atomic mass is 10.2. The summed E-state index contributed by atoms with van der Waals surface area (Å²) in [5, 5.41) is 4.62. The first-order chi connectivity index (χ1) is 13.5. The van der Waals surface area contributed by atoms with Gasteiger partial charge in [-0.1, -0.05) is 6.07 Å². The van der Waals surface area contributed by atoms with Gasteiger partial charge in [0.15, 0.2) is 0 Å². The molecule has 148 valence electrons. The SMILES string of the molecule is C[C@H](c1nc2scc(-c3cccs3)c2c(=O)[nH]1)N(C)CC(=O)N1CCOCC1. The lowest BCUT2D eigenvalue weighted by Crippen LogP contribution is -2.45. The Hall–Kier alpha value is -2.07. The number of carbonyl (C=O) groups excluding carboxylic acids is 1. The Bertz CT molecular complexity index is 1020. The summed E-state index contributed by atoms with van der Waals surface area (Å²) >= 11 is 3.08. The van der Waals surface area contributed by atoms with E-state index in [0.717, 1.165) is 15.3 Å². The number of fused-ring (bicyclic) bond motifs is 1. The highest BCUT2D eigenvalue weighted by molar-refractivity contribution is 7.18. The summed E-state index contributed by atoms with van der Waals surface area (Å²) in [5.74, 6) is 0.645. The fourth-order valence-electron chi connectivity index (χ4n) is 3.25. The molecule has 4 rings (SSSR count). The number of aromatic nitrogens is 2. The molecule has 28 heavy (non-hydrogen) atoms. The predicted octanol–water partition coefficient (Wildman–Crippen LogP) is 2.56. The minimum Gasteiger partial charge on any atom is -0.378 e. The van der Waals surface area contributed by atoms with Crippen molar-refractivity contribution in [2.45, 2.75) is 13.0 Å². The molecular weight excluding hydrogens is 396 g/mol. The number of aromatic amines is 1. The van der Waals surface area contributed by atoms with Gasteiger partial charge in [0.05, 0.1) is 31.2 Å². The summed E-state index contributed by atoms with van der Waals surface area (Å²) in [6.45, 7) is 4.65. The predicted molar refractivity (Wildman–Crippen MR) is 112 cm³/mol. The van der Waals surface area contributed by atoms with E-state index in [1.165, 1.54) is 11.3 Å². The molecule has 3 aromatic heterocycles. The van der Waals surface area contributed by atoms with Crippen molar-refractivity contribution in [1.82, 2.24) is 19.8 Å². The number of hydrogen-bond donors (Lipinski definition) is 1. The second-order valence-electron chi connectivity index (χ2n) is 6.84. The van der Waals surface area contributed by atoms with Gasteiger partial charge in [0.25, 0.3) is 5.56 Å². The van der Waals surface area contributed by atoms with Crippen LogP contribution in [0.2, 0.25) is 0 Å². The highest BCUT2D eigenvalue weighted by Crippen LogP contribution is 2.33. The molecular formula is C19H22N4O3S2. The number of hydrogen-bond acceptors (Lipinski definition) is 7. The van der Waals surface area contributed by atoms with Crippen LogP contribution in [0.15, 0.2) is 27.7 Å². The average molecular weight is 419 g/mol. The third kappa shape index (κ3) is 3.75. The number of nitrogens with zero attached hydrogens (tertiary/aromatic N) is 3. The quantitative estimate of drug-likeness (QED) is 0.689. The number of rotatable bonds is 5. The van der Waals surface area contributed by atoms with E-state index in [2.05, 4.69) is 9.97 Å². The van der Waals surface area contributed by atoms with Crippen LogP contribution in [-0.2, 0) is 9.53 Å². The number of nitrogens with one attached hydrogen (secondary N) is 1. The maximum absolute atomic E-state index is 12.8. The highest BCUT2D eigenvalue weighted by Gasteiger charge is 2.23. The van der Waals surface area contributed by atoms with Crippen molar-refractivity contribution < 1.29 is 9.53 Å². The summed E-state index contributed by atoms with van der Waals surface area (Å²) in [6.07, 6.45) is 0. The summed E-state index contributed by atoms with van der Waals surface area (Å²) in [5.41, 5.74) is 0.795. The van der Waals surface area contributed by atoms with Crippen LogP contribution in [0.1, 0.15) is 18.8 Å². The van der Waals surface area contributed by atoms with Gasteiger partial charge in [-0.05, 0) is 25.4 Å². The van der Waals surface area contributed by atoms with Crippen molar-refractivity contribution in [3.05, 3.63) is 39.1 Å². The van der Waals surface area contributed by atoms with E-state index in [1.54, 1.807) is 11.3 Å². The van der Waals surface area contributed by atoms with Crippen molar-refractivity contribution in [2.75, 3.05) is 39.9 Å². The van der Waals surface area contributed by atoms with Crippen molar-refractivity contribution in [2.24, 2.45) is 0 Å². The Morgan fingerprint density at radius 1 is 1.39 bits per heavy atom. The first-order valence-electron chi connectivity index (χ1n) is 9.15. The maximum atomic E-state index is 12.8. The standard InChI is InChI=1S/C19H22N4O3S2/c1-12(22(2)10-15(24)23-5-7-26-8-6-23)17-20-18(25)16-13(11-28-19(16)21-17)14-4-3-9-27-14/h3-4,9,11-12H,5-8,10H2,1-2H3,(H,20,21,25)/t12-/m1/s1. The van der Waals surface area contributed by atoms with Gasteiger partial charge in [0.1, 0.15) is 10.7 Å². The summed E-state index contributed by atoms with van der Waals surface area (Å²) < 4.78 is 5.30. The topological polar surface area (TPSA) is 78.5 Å². The molecule has 1 aliphatic heterocycles. The number of ether oxygens (including phenoxy) is 1. The Morgan fingerprint density at radius 3 is 2.89 bits per heavy atom. The third-order valence-electron chi connectivity index (χ3n) is 5.05. The van der Waals surface area contributed by atoms with E-state index >= 15 is 0 Å². The lowest BCUT2D eigenvalue weighted by Gasteiger charge is -2.30. The van der Waals surface area contributed by atoms with E-state index in [9.17, 15) is 9.59 Å². The van der Waals surface area contributed by atoms with Crippen molar-refractivity contribution in [3.63, 3.8) is 0 Å². The summed E-state index contributed by atoms with van der Waals surface area (Å²) in [7, 11) is 1.87. The molecule has 1 fully saturated rings. The molecule has 1 atom stereocenters. The van der Waals surface area contributed by atoms with Crippen molar-refractivity contribution >= 4 is 38.8 Å². The van der Waals surface area contributed by atoms with Crippen LogP contribution in [0, 0.1) is 0 Å². The monoisotopic (exact) mass is 418 g/mol. The third-order valence-corrected chi connectivity index (χ3v) is 6.83. The molecule has 9 heteroatoms. The normalized spacial score (nSPS) is 16.0. The van der Waals surface area contributed by atoms with Crippen LogP contribution in [0.3, 0.4) is 0 Å². The van der Waals surface area contributed by atoms with Gasteiger partial charge in [0, 0.05) is 28.9 Å². The highest BCUT2D eigenvalue weighted by atomic mass is 32.1. The lowest BCUT2D eigenvalue weighted by molar-refractivity contribution is -0.136. The Kier molecular flexibility index (Phi) is 5.58. The second-order valence-corrected chi connectivity index (χ2v) is 8.65. The Labute approximate surface area is 170 Å². The zero-order chi connectivity index (χ0) is 19.7. The van der Waals surface area contributed by atoms with Crippen LogP contribution in [0.5, 0.6) is 0 Å². The van der Waals surface area contributed by atoms with Gasteiger partial charge >= 0.3 is 0 Å². The molecule has 4 heterocycles. The molecule has 0 aromatic carbocycles. The van der Waals surface area contributed by atoms with E-state index in [-0.39, 0.29) is 24.1 Å². The number of amides is 1. The number of carbonyl (C=O) groups is 1. The molecule has 1 amide bonds. The molecule has 0 radical (unpaired) electrons. The molecule has 0 aliphatic carbocycles. The summed E-state index contributed by atoms with van der Waals surface area (Å²) in [4.78, 5) is 38.4. The number of H-pyrrole nitrogens is 1. The Balaban J connectivity index is 1.55. The molecule has 1 aliphatic rings. The van der Waals surface area contributed by atoms with Crippen LogP contribution in [0.25, 0.3) is 20.7 Å². The first kappa shape index (κ1) is 19.3. The minimum atomic E-state index is -0.186. The number of morpholine rings is 1. The molecule has 7 nitrogen and oxygen atoms in total. The largest absolute Gasteiger partial charge is 0.378 e. The summed E-state index contributed by atoms with van der Waals surface area (Å²) in [6, 6.07) is 3.80. The fourth-order valence-corrected chi connectivity index (χ4v) is 5.02. The van der Waals surface area contributed by atoms with Gasteiger partial charge < -0.3 is 14.6 Å². The van der Waals surface area contributed by atoms with Gasteiger partial charge in [0.2, 0.25) is 5.91 Å². The zero-order valence-electron chi connectivity index (χ0n) is 15.8. The number of likely N-dealkylation sites (N-methyl/N-ethyl adjacent to an activating group) is 1. The second kappa shape index (κ2) is 8.12. The van der Waals surface area contributed by atoms with Crippen LogP contribution in [0.4, 0.5) is 0 Å². The molecule has 0 spiro atoms. The molecule has 0 bridgehead atoms. The first-order valence-corrected chi connectivity index (χ1v) is 10.9. The Morgan fingerprint density at radius 2 is 2.18 bits per heavy atom. The van der Waals surface area contributed by atoms with E-state index in [4.69, 9.17) is 4.74 Å². The van der Waals surface area contributed by atoms with Crippen LogP contribution >= 0.6 is 22.7 Å². The van der Waals surface area contributed by atoms with Gasteiger partial charge in [-0.15, -0.1) is 22.7 Å². The molecule has 0 unspecified atom stereocenters. The number of thiophene rings is 2. The van der Waals surface area contributed by atoms with Gasteiger partial charge in [-0.2, -0.15) is 0 Å². The van der Waals surface area contributed by atoms with Crippen LogP contribution in [-0.4, -0.2) is 65.6 Å². The molecule has 0 saturated carbocycles. The van der Waals surface area contributed by atoms with E-state index in [1.807, 2.05) is 46.7 Å². The van der Waals surface area contributed by atoms with Crippen LogP contribution < -0.4 is 5.56 Å². The van der Waals surface area contributed by atoms with E-state index in [0.29, 0.717) is 37.5 Å². The average Bonchev–Trinajstić information content (AvgIpc) is 3.37.